The Hall–Kier alpha value is -0.0700. The first-order chi connectivity index (χ1) is 10.8. The molecule has 0 aromatic rings. The van der Waals surface area contributed by atoms with Gasteiger partial charge in [0, 0.05) is 51.4 Å². The third-order valence-corrected chi connectivity index (χ3v) is 5.73. The molecule has 2 heterocycles. The van der Waals surface area contributed by atoms with Gasteiger partial charge in [0.1, 0.15) is 0 Å². The summed E-state index contributed by atoms with van der Waals surface area (Å²) in [7, 11) is 0. The molecule has 150 valence electrons. The average molecular weight is 397 g/mol. The van der Waals surface area contributed by atoms with Crippen LogP contribution < -0.4 is 5.73 Å². The van der Waals surface area contributed by atoms with Crippen molar-refractivity contribution in [3.63, 3.8) is 0 Å². The number of likely N-dealkylation sites (tertiary alicyclic amines) is 1. The molecule has 3 unspecified atom stereocenters. The Kier molecular flexibility index (Phi) is 10.9. The summed E-state index contributed by atoms with van der Waals surface area (Å²) in [5.74, 6) is 0.126. The van der Waals surface area contributed by atoms with Crippen molar-refractivity contribution >= 4 is 30.7 Å². The maximum absolute atomic E-state index is 12.5. The molecule has 3 atom stereocenters. The molecule has 7 heteroatoms. The Morgan fingerprint density at radius 3 is 2.04 bits per heavy atom. The first kappa shape index (κ1) is 24.9. The molecule has 2 aliphatic heterocycles. The highest BCUT2D eigenvalue weighted by atomic mass is 35.5. The van der Waals surface area contributed by atoms with Crippen LogP contribution in [-0.4, -0.2) is 77.5 Å². The molecule has 2 saturated heterocycles. The fourth-order valence-corrected chi connectivity index (χ4v) is 4.11. The van der Waals surface area contributed by atoms with Gasteiger partial charge in [-0.05, 0) is 40.0 Å². The van der Waals surface area contributed by atoms with Crippen molar-refractivity contribution < 1.29 is 4.79 Å². The van der Waals surface area contributed by atoms with Crippen LogP contribution in [0.2, 0.25) is 0 Å². The van der Waals surface area contributed by atoms with Gasteiger partial charge in [-0.3, -0.25) is 14.6 Å². The molecule has 2 fully saturated rings. The summed E-state index contributed by atoms with van der Waals surface area (Å²) in [5.41, 5.74) is 5.50. The van der Waals surface area contributed by atoms with E-state index in [9.17, 15) is 4.79 Å². The summed E-state index contributed by atoms with van der Waals surface area (Å²) in [6.07, 6.45) is 4.37. The van der Waals surface area contributed by atoms with Crippen molar-refractivity contribution in [3.05, 3.63) is 0 Å². The summed E-state index contributed by atoms with van der Waals surface area (Å²) in [6, 6.07) is 1.44. The number of nitrogens with two attached hydrogens (primary N) is 1. The molecule has 0 spiro atoms. The Morgan fingerprint density at radius 2 is 1.56 bits per heavy atom. The monoisotopic (exact) mass is 396 g/mol. The van der Waals surface area contributed by atoms with Gasteiger partial charge in [-0.15, -0.1) is 24.8 Å². The summed E-state index contributed by atoms with van der Waals surface area (Å²) < 4.78 is 0. The Balaban J connectivity index is 0.00000288. The zero-order valence-corrected chi connectivity index (χ0v) is 18.0. The van der Waals surface area contributed by atoms with Crippen LogP contribution in [0.4, 0.5) is 0 Å². The van der Waals surface area contributed by atoms with Gasteiger partial charge in [-0.2, -0.15) is 0 Å². The molecule has 2 rings (SSSR count). The maximum atomic E-state index is 12.5. The highest BCUT2D eigenvalue weighted by molar-refractivity contribution is 5.86. The van der Waals surface area contributed by atoms with E-state index in [-0.39, 0.29) is 30.7 Å². The summed E-state index contributed by atoms with van der Waals surface area (Å²) in [6.45, 7) is 14.5. The smallest absolute Gasteiger partial charge is 0.242 e. The second kappa shape index (κ2) is 10.9. The summed E-state index contributed by atoms with van der Waals surface area (Å²) >= 11 is 0. The lowest BCUT2D eigenvalue weighted by Gasteiger charge is -2.39. The molecule has 1 amide bonds. The lowest BCUT2D eigenvalue weighted by molar-refractivity contribution is -0.138. The molecule has 0 aliphatic carbocycles. The second-order valence-electron chi connectivity index (χ2n) is 7.81. The van der Waals surface area contributed by atoms with Crippen molar-refractivity contribution in [2.45, 2.75) is 71.0 Å². The zero-order chi connectivity index (χ0) is 17.0. The minimum Gasteiger partial charge on any atom is -0.339 e. The van der Waals surface area contributed by atoms with E-state index < -0.39 is 5.54 Å². The van der Waals surface area contributed by atoms with Crippen molar-refractivity contribution in [2.24, 2.45) is 5.73 Å². The number of amides is 1. The highest BCUT2D eigenvalue weighted by Gasteiger charge is 2.33. The number of hydrogen-bond donors (Lipinski definition) is 1. The molecule has 0 bridgehead atoms. The maximum Gasteiger partial charge on any atom is 0.242 e. The first-order valence-electron chi connectivity index (χ1n) is 9.41. The van der Waals surface area contributed by atoms with Gasteiger partial charge < -0.3 is 10.6 Å². The molecule has 5 nitrogen and oxygen atoms in total. The fraction of sp³-hybridized carbons (Fsp3) is 0.944. The largest absolute Gasteiger partial charge is 0.339 e. The van der Waals surface area contributed by atoms with Crippen molar-refractivity contribution in [1.29, 1.82) is 0 Å². The molecule has 0 radical (unpaired) electrons. The van der Waals surface area contributed by atoms with Crippen LogP contribution in [0.1, 0.15) is 53.4 Å². The van der Waals surface area contributed by atoms with Gasteiger partial charge in [0.05, 0.1) is 5.54 Å². The van der Waals surface area contributed by atoms with Crippen LogP contribution in [0.3, 0.4) is 0 Å². The van der Waals surface area contributed by atoms with Crippen LogP contribution in [0.5, 0.6) is 0 Å². The van der Waals surface area contributed by atoms with Crippen LogP contribution >= 0.6 is 24.8 Å². The summed E-state index contributed by atoms with van der Waals surface area (Å²) in [5, 5.41) is 0. The number of carbonyl (C=O) groups excluding carboxylic acids is 1. The van der Waals surface area contributed by atoms with Crippen molar-refractivity contribution in [3.8, 4) is 0 Å². The zero-order valence-electron chi connectivity index (χ0n) is 16.4. The fourth-order valence-electron chi connectivity index (χ4n) is 4.11. The molecule has 25 heavy (non-hydrogen) atoms. The molecule has 0 aromatic heterocycles. The van der Waals surface area contributed by atoms with Crippen LogP contribution in [0.25, 0.3) is 0 Å². The van der Waals surface area contributed by atoms with E-state index in [1.807, 2.05) is 11.8 Å². The Morgan fingerprint density at radius 1 is 1.04 bits per heavy atom. The van der Waals surface area contributed by atoms with Gasteiger partial charge in [0.25, 0.3) is 0 Å². The first-order valence-corrected chi connectivity index (χ1v) is 9.41. The molecular formula is C18H38Cl2N4O. The number of carbonyl (C=O) groups is 1. The average Bonchev–Trinajstić information content (AvgIpc) is 2.84. The molecule has 2 aliphatic rings. The van der Waals surface area contributed by atoms with E-state index in [0.717, 1.165) is 64.2 Å². The second-order valence-corrected chi connectivity index (χ2v) is 7.81. The van der Waals surface area contributed by atoms with E-state index in [0.29, 0.717) is 0 Å². The van der Waals surface area contributed by atoms with Gasteiger partial charge in [0.2, 0.25) is 5.91 Å². The SMILES string of the molecule is CCCC(C)(N)C(=O)N1CCN(CCN2C(C)CCC2C)CC1.Cl.Cl. The lowest BCUT2D eigenvalue weighted by atomic mass is 9.95. The molecular weight excluding hydrogens is 359 g/mol. The van der Waals surface area contributed by atoms with Crippen molar-refractivity contribution in [1.82, 2.24) is 14.7 Å². The van der Waals surface area contributed by atoms with Crippen molar-refractivity contribution in [2.75, 3.05) is 39.3 Å². The predicted octanol–water partition coefficient (Wildman–Crippen LogP) is 2.36. The normalized spacial score (nSPS) is 27.3. The topological polar surface area (TPSA) is 52.8 Å². The van der Waals surface area contributed by atoms with Crippen LogP contribution in [0, 0.1) is 0 Å². The van der Waals surface area contributed by atoms with Gasteiger partial charge in [-0.25, -0.2) is 0 Å². The Labute approximate surface area is 166 Å². The van der Waals surface area contributed by atoms with E-state index >= 15 is 0 Å². The molecule has 0 saturated carbocycles. The van der Waals surface area contributed by atoms with Gasteiger partial charge >= 0.3 is 0 Å². The number of rotatable bonds is 6. The van der Waals surface area contributed by atoms with E-state index in [1.165, 1.54) is 12.8 Å². The minimum atomic E-state index is -0.697. The van der Waals surface area contributed by atoms with Crippen LogP contribution in [0.15, 0.2) is 0 Å². The standard InChI is InChI=1S/C18H36N4O.2ClH/c1-5-8-18(4,19)17(23)21-12-9-20(10-13-21)11-14-22-15(2)6-7-16(22)3;;/h15-16H,5-14,19H2,1-4H3;2*1H. The number of halogens is 2. The lowest BCUT2D eigenvalue weighted by Crippen LogP contribution is -2.58. The predicted molar refractivity (Wildman–Crippen MR) is 110 cm³/mol. The third kappa shape index (κ3) is 6.55. The number of hydrogen-bond acceptors (Lipinski definition) is 4. The van der Waals surface area contributed by atoms with Gasteiger partial charge in [0.15, 0.2) is 0 Å². The number of piperazine rings is 1. The van der Waals surface area contributed by atoms with E-state index in [2.05, 4.69) is 30.6 Å². The van der Waals surface area contributed by atoms with Gasteiger partial charge in [-0.1, -0.05) is 13.3 Å². The highest BCUT2D eigenvalue weighted by Crippen LogP contribution is 2.23. The van der Waals surface area contributed by atoms with Crippen LogP contribution in [-0.2, 0) is 4.79 Å². The minimum absolute atomic E-state index is 0. The summed E-state index contributed by atoms with van der Waals surface area (Å²) in [4.78, 5) is 19.6. The number of nitrogens with zero attached hydrogens (tertiary/aromatic N) is 3. The quantitative estimate of drug-likeness (QED) is 0.748. The molecule has 2 N–H and O–H groups in total. The van der Waals surface area contributed by atoms with E-state index in [4.69, 9.17) is 5.73 Å². The van der Waals surface area contributed by atoms with E-state index in [1.54, 1.807) is 0 Å². The third-order valence-electron chi connectivity index (χ3n) is 5.73. The molecule has 0 aromatic carbocycles. The Bertz CT molecular complexity index is 391.